The van der Waals surface area contributed by atoms with Crippen LogP contribution in [-0.4, -0.2) is 24.8 Å². The van der Waals surface area contributed by atoms with E-state index in [9.17, 15) is 14.4 Å². The normalized spacial score (nSPS) is 26.5. The quantitative estimate of drug-likeness (QED) is 0.871. The molecule has 23 heavy (non-hydrogen) atoms. The first-order valence-electron chi connectivity index (χ1n) is 8.11. The first-order valence-corrected chi connectivity index (χ1v) is 8.11. The Kier molecular flexibility index (Phi) is 4.46. The van der Waals surface area contributed by atoms with Crippen molar-refractivity contribution in [3.63, 3.8) is 0 Å². The minimum Gasteiger partial charge on any atom is -0.465 e. The van der Waals surface area contributed by atoms with Crippen molar-refractivity contribution in [1.82, 2.24) is 0 Å². The van der Waals surface area contributed by atoms with Crippen LogP contribution in [-0.2, 0) is 14.3 Å². The lowest BCUT2D eigenvalue weighted by Crippen LogP contribution is -2.40. The molecular formula is C18H21NO4. The molecule has 1 aromatic carbocycles. The predicted molar refractivity (Wildman–Crippen MR) is 85.0 cm³/mol. The van der Waals surface area contributed by atoms with Gasteiger partial charge in [0.05, 0.1) is 12.7 Å². The van der Waals surface area contributed by atoms with E-state index in [0.717, 1.165) is 19.3 Å². The lowest BCUT2D eigenvalue weighted by molar-refractivity contribution is -0.136. The molecule has 0 saturated heterocycles. The van der Waals surface area contributed by atoms with Crippen molar-refractivity contribution in [2.24, 2.45) is 17.8 Å². The van der Waals surface area contributed by atoms with E-state index >= 15 is 0 Å². The van der Waals surface area contributed by atoms with Crippen molar-refractivity contribution in [1.29, 1.82) is 0 Å². The summed E-state index contributed by atoms with van der Waals surface area (Å²) in [5.41, 5.74) is 1.10. The number of ketones is 1. The molecule has 1 unspecified atom stereocenters. The Morgan fingerprint density at radius 2 is 1.70 bits per heavy atom. The Labute approximate surface area is 135 Å². The van der Waals surface area contributed by atoms with Gasteiger partial charge in [-0.15, -0.1) is 0 Å². The molecule has 0 aromatic heterocycles. The molecule has 2 aliphatic carbocycles. The number of anilines is 1. The molecule has 2 saturated carbocycles. The third kappa shape index (κ3) is 3.28. The number of carbonyl (C=O) groups is 3. The zero-order valence-electron chi connectivity index (χ0n) is 13.2. The Balaban J connectivity index is 1.63. The number of carbonyl (C=O) groups excluding carboxylic acids is 3. The molecule has 3 atom stereocenters. The molecule has 0 spiro atoms. The number of methoxy groups -OCH3 is 1. The highest BCUT2D eigenvalue weighted by molar-refractivity contribution is 5.96. The summed E-state index contributed by atoms with van der Waals surface area (Å²) >= 11 is 0. The summed E-state index contributed by atoms with van der Waals surface area (Å²) in [7, 11) is 1.33. The van der Waals surface area contributed by atoms with Gasteiger partial charge in [0.2, 0.25) is 5.91 Å². The Hall–Kier alpha value is -2.17. The van der Waals surface area contributed by atoms with Crippen LogP contribution >= 0.6 is 0 Å². The number of rotatable bonds is 3. The second-order valence-electron chi connectivity index (χ2n) is 6.45. The van der Waals surface area contributed by atoms with E-state index in [1.807, 2.05) is 0 Å². The summed E-state index contributed by atoms with van der Waals surface area (Å²) in [6, 6.07) is 6.64. The van der Waals surface area contributed by atoms with Crippen LogP contribution in [0.25, 0.3) is 0 Å². The highest BCUT2D eigenvalue weighted by Crippen LogP contribution is 2.40. The molecular weight excluding hydrogens is 294 g/mol. The molecule has 0 heterocycles. The SMILES string of the molecule is COC(=O)c1ccc(NC(=O)C2C[C@H]3CCC[C@@H](C2)C3=O)cc1. The number of Topliss-reactive ketones (excluding diaryl/α,β-unsaturated/α-hetero) is 1. The molecule has 3 rings (SSSR count). The van der Waals surface area contributed by atoms with Gasteiger partial charge in [0, 0.05) is 23.4 Å². The topological polar surface area (TPSA) is 72.5 Å². The number of amides is 1. The zero-order valence-corrected chi connectivity index (χ0v) is 13.2. The van der Waals surface area contributed by atoms with Gasteiger partial charge in [0.15, 0.2) is 0 Å². The van der Waals surface area contributed by atoms with E-state index in [4.69, 9.17) is 0 Å². The predicted octanol–water partition coefficient (Wildman–Crippen LogP) is 2.81. The fourth-order valence-corrected chi connectivity index (χ4v) is 3.75. The van der Waals surface area contributed by atoms with E-state index in [1.165, 1.54) is 7.11 Å². The number of ether oxygens (including phenoxy) is 1. The van der Waals surface area contributed by atoms with Gasteiger partial charge >= 0.3 is 5.97 Å². The average molecular weight is 315 g/mol. The molecule has 5 nitrogen and oxygen atoms in total. The summed E-state index contributed by atoms with van der Waals surface area (Å²) in [6.07, 6.45) is 4.28. The summed E-state index contributed by atoms with van der Waals surface area (Å²) in [5, 5.41) is 2.90. The fourth-order valence-electron chi connectivity index (χ4n) is 3.75. The minimum atomic E-state index is -0.401. The van der Waals surface area contributed by atoms with E-state index in [-0.39, 0.29) is 23.7 Å². The molecule has 1 amide bonds. The first-order chi connectivity index (χ1) is 11.1. The monoisotopic (exact) mass is 315 g/mol. The molecule has 122 valence electrons. The van der Waals surface area contributed by atoms with Crippen LogP contribution in [0.3, 0.4) is 0 Å². The zero-order chi connectivity index (χ0) is 16.4. The van der Waals surface area contributed by atoms with Crippen molar-refractivity contribution >= 4 is 23.3 Å². The van der Waals surface area contributed by atoms with Gasteiger partial charge < -0.3 is 10.1 Å². The van der Waals surface area contributed by atoms with E-state index < -0.39 is 5.97 Å². The lowest BCUT2D eigenvalue weighted by atomic mass is 9.67. The van der Waals surface area contributed by atoms with Crippen LogP contribution in [0.1, 0.15) is 42.5 Å². The minimum absolute atomic E-state index is 0.0276. The molecule has 5 heteroatoms. The van der Waals surface area contributed by atoms with Gasteiger partial charge in [0.25, 0.3) is 0 Å². The van der Waals surface area contributed by atoms with Gasteiger partial charge in [0.1, 0.15) is 5.78 Å². The summed E-state index contributed by atoms with van der Waals surface area (Å²) in [4.78, 5) is 35.9. The van der Waals surface area contributed by atoms with Gasteiger partial charge in [-0.2, -0.15) is 0 Å². The number of benzene rings is 1. The highest BCUT2D eigenvalue weighted by atomic mass is 16.5. The second kappa shape index (κ2) is 6.52. The number of nitrogens with one attached hydrogen (secondary N) is 1. The first kappa shape index (κ1) is 15.7. The molecule has 1 N–H and O–H groups in total. The highest BCUT2D eigenvalue weighted by Gasteiger charge is 2.41. The van der Waals surface area contributed by atoms with Crippen LogP contribution in [0.4, 0.5) is 5.69 Å². The van der Waals surface area contributed by atoms with Crippen LogP contribution < -0.4 is 5.32 Å². The van der Waals surface area contributed by atoms with Crippen LogP contribution in [0.5, 0.6) is 0 Å². The van der Waals surface area contributed by atoms with Crippen molar-refractivity contribution < 1.29 is 19.1 Å². The van der Waals surface area contributed by atoms with Gasteiger partial charge in [-0.3, -0.25) is 9.59 Å². The lowest BCUT2D eigenvalue weighted by Gasteiger charge is -2.36. The molecule has 0 aliphatic heterocycles. The fraction of sp³-hybridized carbons (Fsp3) is 0.500. The van der Waals surface area contributed by atoms with Crippen LogP contribution in [0, 0.1) is 17.8 Å². The Bertz CT molecular complexity index is 606. The third-order valence-electron chi connectivity index (χ3n) is 4.99. The van der Waals surface area contributed by atoms with Crippen molar-refractivity contribution in [2.75, 3.05) is 12.4 Å². The maximum atomic E-state index is 12.5. The van der Waals surface area contributed by atoms with E-state index in [0.29, 0.717) is 29.9 Å². The standard InChI is InChI=1S/C18H21NO4/c1-23-18(22)11-5-7-15(8-6-11)19-17(21)14-9-12-3-2-4-13(10-14)16(12)20/h5-8,12-14H,2-4,9-10H2,1H3,(H,19,21)/t12-,13+,14?. The van der Waals surface area contributed by atoms with Gasteiger partial charge in [-0.25, -0.2) is 4.79 Å². The molecule has 0 radical (unpaired) electrons. The Morgan fingerprint density at radius 1 is 1.09 bits per heavy atom. The van der Waals surface area contributed by atoms with Gasteiger partial charge in [-0.1, -0.05) is 6.42 Å². The van der Waals surface area contributed by atoms with Gasteiger partial charge in [-0.05, 0) is 49.9 Å². The maximum Gasteiger partial charge on any atom is 0.337 e. The summed E-state index contributed by atoms with van der Waals surface area (Å²) in [5.74, 6) is -0.0207. The third-order valence-corrected chi connectivity index (χ3v) is 4.99. The van der Waals surface area contributed by atoms with E-state index in [2.05, 4.69) is 10.1 Å². The second-order valence-corrected chi connectivity index (χ2v) is 6.45. The van der Waals surface area contributed by atoms with Crippen molar-refractivity contribution in [2.45, 2.75) is 32.1 Å². The maximum absolute atomic E-state index is 12.5. The molecule has 2 aliphatic rings. The van der Waals surface area contributed by atoms with Crippen molar-refractivity contribution in [3.05, 3.63) is 29.8 Å². The van der Waals surface area contributed by atoms with Crippen molar-refractivity contribution in [3.8, 4) is 0 Å². The number of fused-ring (bicyclic) bond motifs is 2. The Morgan fingerprint density at radius 3 is 2.26 bits per heavy atom. The summed E-state index contributed by atoms with van der Waals surface area (Å²) in [6.45, 7) is 0. The molecule has 2 bridgehead atoms. The van der Waals surface area contributed by atoms with Crippen LogP contribution in [0.2, 0.25) is 0 Å². The summed E-state index contributed by atoms with van der Waals surface area (Å²) < 4.78 is 4.65. The largest absolute Gasteiger partial charge is 0.465 e. The number of hydrogen-bond donors (Lipinski definition) is 1. The number of esters is 1. The molecule has 2 fully saturated rings. The van der Waals surface area contributed by atoms with E-state index in [1.54, 1.807) is 24.3 Å². The number of hydrogen-bond acceptors (Lipinski definition) is 4. The average Bonchev–Trinajstić information content (AvgIpc) is 2.54. The van der Waals surface area contributed by atoms with Crippen LogP contribution in [0.15, 0.2) is 24.3 Å². The molecule has 1 aromatic rings. The smallest absolute Gasteiger partial charge is 0.337 e.